The van der Waals surface area contributed by atoms with E-state index in [1.165, 1.54) is 12.1 Å². The number of carboxylic acid groups (broad SMARTS) is 1. The van der Waals surface area contributed by atoms with E-state index in [0.29, 0.717) is 11.3 Å². The van der Waals surface area contributed by atoms with Gasteiger partial charge in [0.2, 0.25) is 0 Å². The Balaban J connectivity index is 2.29. The number of nitrogens with one attached hydrogen (secondary N) is 1. The van der Waals surface area contributed by atoms with Crippen molar-refractivity contribution < 1.29 is 24.5 Å². The summed E-state index contributed by atoms with van der Waals surface area (Å²) in [6, 6.07) is 4.51. The minimum absolute atomic E-state index is 0.0292. The van der Waals surface area contributed by atoms with E-state index in [2.05, 4.69) is 5.32 Å². The Morgan fingerprint density at radius 1 is 1.26 bits per heavy atom. The number of carbonyl (C=O) groups is 2. The molecule has 1 aliphatic carbocycles. The van der Waals surface area contributed by atoms with Crippen molar-refractivity contribution >= 4 is 17.7 Å². The Labute approximate surface area is 135 Å². The SMILES string of the molecule is CC(C)(C)OC(=O)Nc1ccc(O)cc1C1C(C(=O)O)C1(C)C. The summed E-state index contributed by atoms with van der Waals surface area (Å²) < 4.78 is 5.22. The predicted molar refractivity (Wildman–Crippen MR) is 85.6 cm³/mol. The molecule has 2 atom stereocenters. The highest BCUT2D eigenvalue weighted by molar-refractivity contribution is 5.87. The maximum Gasteiger partial charge on any atom is 0.412 e. The van der Waals surface area contributed by atoms with Crippen molar-refractivity contribution in [2.45, 2.75) is 46.1 Å². The Morgan fingerprint density at radius 2 is 1.87 bits per heavy atom. The maximum atomic E-state index is 12.0. The van der Waals surface area contributed by atoms with Gasteiger partial charge >= 0.3 is 12.1 Å². The average molecular weight is 321 g/mol. The lowest BCUT2D eigenvalue weighted by Crippen LogP contribution is -2.27. The molecule has 1 aromatic rings. The third-order valence-corrected chi connectivity index (χ3v) is 4.10. The van der Waals surface area contributed by atoms with Gasteiger partial charge in [0.15, 0.2) is 0 Å². The third-order valence-electron chi connectivity index (χ3n) is 4.10. The molecule has 0 aromatic heterocycles. The number of anilines is 1. The van der Waals surface area contributed by atoms with E-state index < -0.39 is 29.0 Å². The second kappa shape index (κ2) is 5.44. The van der Waals surface area contributed by atoms with Crippen molar-refractivity contribution in [1.29, 1.82) is 0 Å². The van der Waals surface area contributed by atoms with E-state index in [1.54, 1.807) is 26.8 Å². The van der Waals surface area contributed by atoms with Gasteiger partial charge in [0, 0.05) is 11.6 Å². The number of benzene rings is 1. The largest absolute Gasteiger partial charge is 0.508 e. The third kappa shape index (κ3) is 3.57. The maximum absolute atomic E-state index is 12.0. The lowest BCUT2D eigenvalue weighted by atomic mass is 10.0. The molecule has 1 saturated carbocycles. The van der Waals surface area contributed by atoms with Gasteiger partial charge in [0.05, 0.1) is 5.92 Å². The Kier molecular flexibility index (Phi) is 4.05. The molecule has 23 heavy (non-hydrogen) atoms. The van der Waals surface area contributed by atoms with Crippen molar-refractivity contribution in [3.63, 3.8) is 0 Å². The molecule has 6 heteroatoms. The molecule has 0 saturated heterocycles. The van der Waals surface area contributed by atoms with Gasteiger partial charge < -0.3 is 14.9 Å². The summed E-state index contributed by atoms with van der Waals surface area (Å²) >= 11 is 0. The molecule has 6 nitrogen and oxygen atoms in total. The molecule has 3 N–H and O–H groups in total. The van der Waals surface area contributed by atoms with Crippen LogP contribution < -0.4 is 5.32 Å². The highest BCUT2D eigenvalue weighted by Crippen LogP contribution is 2.65. The van der Waals surface area contributed by atoms with E-state index in [9.17, 15) is 19.8 Å². The summed E-state index contributed by atoms with van der Waals surface area (Å²) in [7, 11) is 0. The normalized spacial score (nSPS) is 22.3. The van der Waals surface area contributed by atoms with Crippen LogP contribution in [0.25, 0.3) is 0 Å². The Bertz CT molecular complexity index is 645. The molecule has 0 bridgehead atoms. The van der Waals surface area contributed by atoms with E-state index in [4.69, 9.17) is 4.74 Å². The number of hydrogen-bond acceptors (Lipinski definition) is 4. The summed E-state index contributed by atoms with van der Waals surface area (Å²) in [5.41, 5.74) is -0.0136. The highest BCUT2D eigenvalue weighted by Gasteiger charge is 2.63. The molecule has 1 fully saturated rings. The average Bonchev–Trinajstić information content (AvgIpc) is 2.92. The molecular formula is C17H23NO5. The van der Waals surface area contributed by atoms with Gasteiger partial charge in [-0.3, -0.25) is 10.1 Å². The van der Waals surface area contributed by atoms with Crippen LogP contribution in [0.15, 0.2) is 18.2 Å². The van der Waals surface area contributed by atoms with Crippen molar-refractivity contribution in [3.05, 3.63) is 23.8 Å². The zero-order chi connectivity index (χ0) is 17.6. The zero-order valence-corrected chi connectivity index (χ0v) is 14.0. The highest BCUT2D eigenvalue weighted by atomic mass is 16.6. The van der Waals surface area contributed by atoms with Crippen LogP contribution in [0.5, 0.6) is 5.75 Å². The van der Waals surface area contributed by atoms with Crippen molar-refractivity contribution in [2.75, 3.05) is 5.32 Å². The van der Waals surface area contributed by atoms with Gasteiger partial charge in [-0.25, -0.2) is 4.79 Å². The van der Waals surface area contributed by atoms with Gasteiger partial charge in [0.1, 0.15) is 11.4 Å². The van der Waals surface area contributed by atoms with Gasteiger partial charge in [-0.15, -0.1) is 0 Å². The number of amides is 1. The Morgan fingerprint density at radius 3 is 2.35 bits per heavy atom. The zero-order valence-electron chi connectivity index (χ0n) is 14.0. The number of phenols is 1. The molecule has 126 valence electrons. The quantitative estimate of drug-likeness (QED) is 0.740. The van der Waals surface area contributed by atoms with Gasteiger partial charge in [-0.2, -0.15) is 0 Å². The fourth-order valence-electron chi connectivity index (χ4n) is 3.01. The lowest BCUT2D eigenvalue weighted by Gasteiger charge is -2.20. The molecular weight excluding hydrogens is 298 g/mol. The molecule has 0 aliphatic heterocycles. The minimum Gasteiger partial charge on any atom is -0.508 e. The number of aromatic hydroxyl groups is 1. The summed E-state index contributed by atoms with van der Waals surface area (Å²) in [5, 5.41) is 21.7. The standard InChI is InChI=1S/C17H23NO5/c1-16(2,3)23-15(22)18-11-7-6-9(19)8-10(11)12-13(14(20)21)17(12,4)5/h6-8,12-13,19H,1-5H3,(H,18,22)(H,20,21). The molecule has 1 amide bonds. The first-order valence-electron chi connectivity index (χ1n) is 7.49. The summed E-state index contributed by atoms with van der Waals surface area (Å²) in [6.45, 7) is 8.99. The first kappa shape index (κ1) is 17.1. The van der Waals surface area contributed by atoms with E-state index in [-0.39, 0.29) is 11.7 Å². The van der Waals surface area contributed by atoms with Crippen LogP contribution >= 0.6 is 0 Å². The molecule has 0 spiro atoms. The van der Waals surface area contributed by atoms with Crippen LogP contribution in [0.4, 0.5) is 10.5 Å². The minimum atomic E-state index is -0.883. The molecule has 1 aliphatic rings. The number of phenolic OH excluding ortho intramolecular Hbond substituents is 1. The van der Waals surface area contributed by atoms with Crippen LogP contribution in [0.3, 0.4) is 0 Å². The number of aliphatic carboxylic acids is 1. The van der Waals surface area contributed by atoms with E-state index in [0.717, 1.165) is 0 Å². The summed E-state index contributed by atoms with van der Waals surface area (Å²) in [6.07, 6.45) is -0.616. The van der Waals surface area contributed by atoms with Gasteiger partial charge in [-0.05, 0) is 49.9 Å². The van der Waals surface area contributed by atoms with Crippen molar-refractivity contribution in [1.82, 2.24) is 0 Å². The molecule has 1 aromatic carbocycles. The van der Waals surface area contributed by atoms with E-state index >= 15 is 0 Å². The van der Waals surface area contributed by atoms with Crippen LogP contribution in [-0.2, 0) is 9.53 Å². The summed E-state index contributed by atoms with van der Waals surface area (Å²) in [5.74, 6) is -1.69. The number of hydrogen-bond donors (Lipinski definition) is 3. The first-order chi connectivity index (χ1) is 10.4. The monoisotopic (exact) mass is 321 g/mol. The fourth-order valence-corrected chi connectivity index (χ4v) is 3.01. The van der Waals surface area contributed by atoms with Crippen LogP contribution in [0.1, 0.15) is 46.1 Å². The van der Waals surface area contributed by atoms with Crippen LogP contribution in [0, 0.1) is 11.3 Å². The van der Waals surface area contributed by atoms with Crippen molar-refractivity contribution in [2.24, 2.45) is 11.3 Å². The van der Waals surface area contributed by atoms with Gasteiger partial charge in [0.25, 0.3) is 0 Å². The second-order valence-corrected chi connectivity index (χ2v) is 7.51. The molecule has 2 unspecified atom stereocenters. The fraction of sp³-hybridized carbons (Fsp3) is 0.529. The van der Waals surface area contributed by atoms with Crippen LogP contribution in [0.2, 0.25) is 0 Å². The predicted octanol–water partition coefficient (Wildman–Crippen LogP) is 3.56. The number of ether oxygens (including phenoxy) is 1. The number of carbonyl (C=O) groups excluding carboxylic acids is 1. The number of carboxylic acids is 1. The molecule has 0 heterocycles. The first-order valence-corrected chi connectivity index (χ1v) is 7.49. The Hall–Kier alpha value is -2.24. The van der Waals surface area contributed by atoms with Crippen molar-refractivity contribution in [3.8, 4) is 5.75 Å². The number of rotatable bonds is 3. The van der Waals surface area contributed by atoms with Gasteiger partial charge in [-0.1, -0.05) is 13.8 Å². The second-order valence-electron chi connectivity index (χ2n) is 7.51. The molecule has 2 rings (SSSR count). The smallest absolute Gasteiger partial charge is 0.412 e. The van der Waals surface area contributed by atoms with E-state index in [1.807, 2.05) is 13.8 Å². The topological polar surface area (TPSA) is 95.9 Å². The van der Waals surface area contributed by atoms with Crippen LogP contribution in [-0.4, -0.2) is 27.9 Å². The molecule has 0 radical (unpaired) electrons. The summed E-state index contributed by atoms with van der Waals surface area (Å²) in [4.78, 5) is 23.4. The lowest BCUT2D eigenvalue weighted by molar-refractivity contribution is -0.139.